The molecule has 0 aromatic carbocycles. The summed E-state index contributed by atoms with van der Waals surface area (Å²) in [5.41, 5.74) is 0. The summed E-state index contributed by atoms with van der Waals surface area (Å²) in [5.74, 6) is -1.67. The van der Waals surface area contributed by atoms with E-state index in [4.69, 9.17) is 52.1 Å². The van der Waals surface area contributed by atoms with E-state index in [0.29, 0.717) is 0 Å². The van der Waals surface area contributed by atoms with Crippen molar-refractivity contribution in [2.45, 2.75) is 219 Å². The normalized spacial score (nSPS) is 51.4. The van der Waals surface area contributed by atoms with Crippen LogP contribution in [0.2, 0.25) is 0 Å². The van der Waals surface area contributed by atoms with Crippen molar-refractivity contribution in [1.82, 2.24) is 10.6 Å². The number of ether oxygens (including phenoxy) is 11. The molecule has 6 aliphatic heterocycles. The Balaban J connectivity index is 1.44. The van der Waals surface area contributed by atoms with Crippen LogP contribution in [-0.4, -0.2) is 292 Å². The van der Waals surface area contributed by atoms with Crippen molar-refractivity contribution in [3.63, 3.8) is 0 Å². The van der Waals surface area contributed by atoms with E-state index in [1.165, 1.54) is 20.8 Å². The second-order valence-electron chi connectivity index (χ2n) is 18.2. The highest BCUT2D eigenvalue weighted by atomic mass is 16.8. The first kappa shape index (κ1) is 57.2. The predicted octanol–water partition coefficient (Wildman–Crippen LogP) is -10.7. The minimum atomic E-state index is -2.08. The fourth-order valence-electron chi connectivity index (χ4n) is 9.04. The van der Waals surface area contributed by atoms with Gasteiger partial charge in [0.2, 0.25) is 11.8 Å². The lowest BCUT2D eigenvalue weighted by atomic mass is 9.93. The summed E-state index contributed by atoms with van der Waals surface area (Å²) in [6.45, 7) is 3.30. The molecule has 0 aromatic heterocycles. The van der Waals surface area contributed by atoms with Gasteiger partial charge in [-0.2, -0.15) is 0 Å². The largest absolute Gasteiger partial charge is 0.394 e. The van der Waals surface area contributed by atoms with E-state index in [2.05, 4.69) is 10.6 Å². The number of nitrogens with one attached hydrogen (secondary N) is 2. The van der Waals surface area contributed by atoms with E-state index in [-0.39, 0.29) is 0 Å². The van der Waals surface area contributed by atoms with Gasteiger partial charge in [-0.25, -0.2) is 0 Å². The third-order valence-corrected chi connectivity index (χ3v) is 13.1. The van der Waals surface area contributed by atoms with E-state index in [1.807, 2.05) is 0 Å². The molecule has 0 spiro atoms. The molecule has 70 heavy (non-hydrogen) atoms. The smallest absolute Gasteiger partial charge is 0.217 e. The Morgan fingerprint density at radius 3 is 1.23 bits per heavy atom. The molecule has 6 heterocycles. The number of hydrogen-bond donors (Lipinski definition) is 17. The molecule has 0 aliphatic carbocycles. The first-order chi connectivity index (χ1) is 32.9. The summed E-state index contributed by atoms with van der Waals surface area (Å²) < 4.78 is 65.6. The molecular formula is C40H68N2O28. The highest BCUT2D eigenvalue weighted by Crippen LogP contribution is 2.38. The molecule has 0 bridgehead atoms. The second kappa shape index (κ2) is 24.1. The fraction of sp³-hybridized carbons (Fsp3) is 0.950. The highest BCUT2D eigenvalue weighted by molar-refractivity contribution is 5.73. The van der Waals surface area contributed by atoms with Gasteiger partial charge >= 0.3 is 0 Å². The van der Waals surface area contributed by atoms with Crippen molar-refractivity contribution in [3.05, 3.63) is 0 Å². The summed E-state index contributed by atoms with van der Waals surface area (Å²) >= 11 is 0. The van der Waals surface area contributed by atoms with Crippen LogP contribution < -0.4 is 10.6 Å². The average Bonchev–Trinajstić information content (AvgIpc) is 3.31. The molecule has 0 radical (unpaired) electrons. The molecule has 6 saturated heterocycles. The summed E-state index contributed by atoms with van der Waals surface area (Å²) in [5, 5.41) is 166. The molecule has 406 valence electrons. The summed E-state index contributed by atoms with van der Waals surface area (Å²) in [7, 11) is 0. The third kappa shape index (κ3) is 12.2. The van der Waals surface area contributed by atoms with Gasteiger partial charge in [-0.05, 0) is 20.8 Å². The van der Waals surface area contributed by atoms with E-state index >= 15 is 0 Å². The molecule has 30 nitrogen and oxygen atoms in total. The quantitative estimate of drug-likeness (QED) is 0.0724. The van der Waals surface area contributed by atoms with Crippen molar-refractivity contribution in [2.75, 3.05) is 19.8 Å². The second-order valence-corrected chi connectivity index (χ2v) is 18.2. The fourth-order valence-corrected chi connectivity index (χ4v) is 9.04. The van der Waals surface area contributed by atoms with Crippen LogP contribution in [0, 0.1) is 0 Å². The van der Waals surface area contributed by atoms with Gasteiger partial charge in [-0.1, -0.05) is 0 Å². The number of carbonyl (C=O) groups excluding carboxylic acids is 2. The molecule has 30 heteroatoms. The lowest BCUT2D eigenvalue weighted by Gasteiger charge is -2.52. The summed E-state index contributed by atoms with van der Waals surface area (Å²) in [6.07, 6.45) is -49.9. The van der Waals surface area contributed by atoms with Gasteiger partial charge in [0.05, 0.1) is 38.1 Å². The molecular weight excluding hydrogens is 956 g/mol. The number of aliphatic hydroxyl groups is 15. The molecule has 2 amide bonds. The van der Waals surface area contributed by atoms with Crippen LogP contribution in [0.15, 0.2) is 0 Å². The monoisotopic (exact) mass is 1020 g/mol. The van der Waals surface area contributed by atoms with Crippen molar-refractivity contribution in [3.8, 4) is 0 Å². The van der Waals surface area contributed by atoms with Gasteiger partial charge in [-0.3, -0.25) is 9.59 Å². The van der Waals surface area contributed by atoms with Gasteiger partial charge in [0.25, 0.3) is 0 Å². The van der Waals surface area contributed by atoms with Crippen LogP contribution in [0.1, 0.15) is 34.6 Å². The van der Waals surface area contributed by atoms with Crippen LogP contribution in [0.4, 0.5) is 0 Å². The first-order valence-corrected chi connectivity index (χ1v) is 22.7. The number of rotatable bonds is 15. The number of aliphatic hydroxyl groups excluding tert-OH is 15. The first-order valence-electron chi connectivity index (χ1n) is 22.7. The highest BCUT2D eigenvalue weighted by Gasteiger charge is 2.58. The summed E-state index contributed by atoms with van der Waals surface area (Å²) in [6, 6.07) is -3.53. The van der Waals surface area contributed by atoms with E-state index in [1.54, 1.807) is 0 Å². The van der Waals surface area contributed by atoms with Crippen LogP contribution in [0.25, 0.3) is 0 Å². The molecule has 6 rings (SSSR count). The Bertz CT molecular complexity index is 1690. The maximum Gasteiger partial charge on any atom is 0.217 e. The Hall–Kier alpha value is -2.10. The third-order valence-electron chi connectivity index (χ3n) is 13.1. The maximum atomic E-state index is 13.2. The molecule has 6 fully saturated rings. The molecule has 30 atom stereocenters. The van der Waals surface area contributed by atoms with Crippen molar-refractivity contribution >= 4 is 11.8 Å². The van der Waals surface area contributed by atoms with E-state index in [9.17, 15) is 86.2 Å². The Kier molecular flexibility index (Phi) is 19.7. The van der Waals surface area contributed by atoms with Crippen LogP contribution >= 0.6 is 0 Å². The molecule has 0 unspecified atom stereocenters. The van der Waals surface area contributed by atoms with E-state index < -0.39 is 216 Å². The SMILES string of the molecule is CC(=O)N[C@@H]1[C@@H](O[C@@H]2O[C@@H](C)[C@@H](O)[C@@H](O)[C@@H]2O)[C@H](O[C@@H]2O[C@H](CO)[C@@H](O[C@@H]3O[C@H](CO)[C@@H](O)[C@H](O)[C@@H]3O)[C@H](O[C@@H]3O[C@@H](C)[C@@H](O)[C@@H](O)[C@@H]3O)[C@H]2NC(C)=O)[C@@H](CO[C@@H]2O[C@@H](C)[C@@H](O)[C@@H](O)[C@@H]2O)O[C@@H]1O. The molecule has 6 aliphatic rings. The van der Waals surface area contributed by atoms with Crippen molar-refractivity contribution < 1.29 is 138 Å². The number of carbonyl (C=O) groups is 2. The van der Waals surface area contributed by atoms with Gasteiger partial charge in [-0.15, -0.1) is 0 Å². The van der Waals surface area contributed by atoms with Gasteiger partial charge in [0.1, 0.15) is 128 Å². The summed E-state index contributed by atoms with van der Waals surface area (Å²) in [4.78, 5) is 25.9. The molecule has 0 aromatic rings. The number of hydrogen-bond acceptors (Lipinski definition) is 28. The molecule has 17 N–H and O–H groups in total. The standard InChI is InChI=1S/C40H68N2O28/c1-9-19(47)23(51)27(55)37(61-9)60-8-16-32(33(17(35(59)64-16)41-12(4)45)69-38-28(56)24(52)20(48)10(2)62-38)67-36-18(42-13(5)46)34(70-39-29(57)25(53)21(49)11(3)63-39)31(15(7-44)66-36)68-40-30(58)26(54)22(50)14(6-43)65-40/h9-11,14-40,43-44,47-59H,6-8H2,1-5H3,(H,41,45)(H,42,46)/t9-,10-,11-,14+,15+,16+,17+,18+,19+,20+,21+,22+,23+,24+,25+,26-,27-,28-,29-,30-,31+,32+,33+,34+,35-,36-,37+,38-,39-,40-/m0/s1. The minimum Gasteiger partial charge on any atom is -0.394 e. The van der Waals surface area contributed by atoms with Gasteiger partial charge in [0.15, 0.2) is 37.7 Å². The van der Waals surface area contributed by atoms with Gasteiger partial charge in [0, 0.05) is 13.8 Å². The molecule has 0 saturated carbocycles. The van der Waals surface area contributed by atoms with E-state index in [0.717, 1.165) is 13.8 Å². The van der Waals surface area contributed by atoms with Crippen molar-refractivity contribution in [1.29, 1.82) is 0 Å². The van der Waals surface area contributed by atoms with Crippen LogP contribution in [0.5, 0.6) is 0 Å². The zero-order valence-electron chi connectivity index (χ0n) is 38.5. The van der Waals surface area contributed by atoms with Crippen molar-refractivity contribution in [2.24, 2.45) is 0 Å². The lowest BCUT2D eigenvalue weighted by Crippen LogP contribution is -2.72. The average molecular weight is 1020 g/mol. The van der Waals surface area contributed by atoms with Crippen LogP contribution in [-0.2, 0) is 61.7 Å². The van der Waals surface area contributed by atoms with Crippen LogP contribution in [0.3, 0.4) is 0 Å². The zero-order chi connectivity index (χ0) is 51.8. The Morgan fingerprint density at radius 1 is 0.400 bits per heavy atom. The topological polar surface area (TPSA) is 463 Å². The minimum absolute atomic E-state index is 0.802. The number of amides is 2. The maximum absolute atomic E-state index is 13.2. The Labute approximate surface area is 399 Å². The zero-order valence-corrected chi connectivity index (χ0v) is 38.5. The lowest BCUT2D eigenvalue weighted by molar-refractivity contribution is -0.390. The predicted molar refractivity (Wildman–Crippen MR) is 218 cm³/mol. The van der Waals surface area contributed by atoms with Gasteiger partial charge < -0.3 is 139 Å². The Morgan fingerprint density at radius 2 is 0.757 bits per heavy atom.